The van der Waals surface area contributed by atoms with Crippen LogP contribution in [-0.2, 0) is 20.7 Å². The summed E-state index contributed by atoms with van der Waals surface area (Å²) in [7, 11) is 1.65. The Morgan fingerprint density at radius 1 is 1.17 bits per heavy atom. The monoisotopic (exact) mass is 487 g/mol. The van der Waals surface area contributed by atoms with E-state index in [0.29, 0.717) is 18.8 Å². The Labute approximate surface area is 203 Å². The zero-order valence-corrected chi connectivity index (χ0v) is 20.3. The molecule has 188 valence electrons. The highest BCUT2D eigenvalue weighted by atomic mass is 19.1. The van der Waals surface area contributed by atoms with Gasteiger partial charge in [-0.1, -0.05) is 0 Å². The largest absolute Gasteiger partial charge is 0.460 e. The number of nitro benzene ring substituents is 1. The molecule has 35 heavy (non-hydrogen) atoms. The predicted octanol–water partition coefficient (Wildman–Crippen LogP) is 4.49. The Kier molecular flexibility index (Phi) is 8.06. The highest BCUT2D eigenvalue weighted by Gasteiger charge is 2.26. The van der Waals surface area contributed by atoms with Crippen LogP contribution < -0.4 is 10.2 Å². The van der Waals surface area contributed by atoms with Gasteiger partial charge in [-0.15, -0.1) is 0 Å². The van der Waals surface area contributed by atoms with Crippen molar-refractivity contribution in [1.82, 2.24) is 0 Å². The number of anilines is 2. The molecule has 9 nitrogen and oxygen atoms in total. The second-order valence-electron chi connectivity index (χ2n) is 9.40. The molecule has 0 spiro atoms. The van der Waals surface area contributed by atoms with E-state index in [4.69, 9.17) is 9.47 Å². The molecule has 1 aliphatic heterocycles. The van der Waals surface area contributed by atoms with Gasteiger partial charge in [0.05, 0.1) is 17.4 Å². The second kappa shape index (κ2) is 10.8. The smallest absolute Gasteiger partial charge is 0.310 e. The number of esters is 1. The summed E-state index contributed by atoms with van der Waals surface area (Å²) in [4.78, 5) is 38.4. The van der Waals surface area contributed by atoms with Crippen LogP contribution >= 0.6 is 0 Å². The van der Waals surface area contributed by atoms with Crippen molar-refractivity contribution in [2.75, 3.05) is 30.4 Å². The van der Waals surface area contributed by atoms with Crippen molar-refractivity contribution in [3.63, 3.8) is 0 Å². The minimum Gasteiger partial charge on any atom is -0.460 e. The summed E-state index contributed by atoms with van der Waals surface area (Å²) in [5.41, 5.74) is 0.0677. The lowest BCUT2D eigenvalue weighted by Crippen LogP contribution is -2.37. The van der Waals surface area contributed by atoms with Crippen LogP contribution in [0, 0.1) is 15.9 Å². The summed E-state index contributed by atoms with van der Waals surface area (Å²) < 4.78 is 24.5. The molecule has 2 aromatic carbocycles. The Balaban J connectivity index is 1.81. The molecule has 1 aliphatic rings. The molecule has 0 radical (unpaired) electrons. The third kappa shape index (κ3) is 6.98. The van der Waals surface area contributed by atoms with Gasteiger partial charge in [0.15, 0.2) is 0 Å². The average Bonchev–Trinajstić information content (AvgIpc) is 2.79. The fraction of sp³-hybridized carbons (Fsp3) is 0.440. The van der Waals surface area contributed by atoms with Crippen LogP contribution in [0.3, 0.4) is 0 Å². The van der Waals surface area contributed by atoms with E-state index in [9.17, 15) is 24.1 Å². The molecule has 2 aromatic rings. The number of halogens is 1. The summed E-state index contributed by atoms with van der Waals surface area (Å²) in [6, 6.07) is 7.95. The Morgan fingerprint density at radius 3 is 2.46 bits per heavy atom. The molecular weight excluding hydrogens is 457 g/mol. The molecule has 1 heterocycles. The topological polar surface area (TPSA) is 111 Å². The number of carbonyl (C=O) groups is 2. The molecule has 0 bridgehead atoms. The molecule has 3 rings (SSSR count). The van der Waals surface area contributed by atoms with Crippen molar-refractivity contribution in [3.05, 3.63) is 63.5 Å². The quantitative estimate of drug-likeness (QED) is 0.348. The number of hydrogen-bond acceptors (Lipinski definition) is 7. The fourth-order valence-electron chi connectivity index (χ4n) is 3.97. The van der Waals surface area contributed by atoms with Crippen LogP contribution in [0.25, 0.3) is 0 Å². The van der Waals surface area contributed by atoms with Crippen molar-refractivity contribution in [2.24, 2.45) is 0 Å². The molecule has 0 aromatic heterocycles. The molecule has 0 unspecified atom stereocenters. The zero-order valence-electron chi connectivity index (χ0n) is 20.3. The number of methoxy groups -OCH3 is 1. The fourth-order valence-corrected chi connectivity index (χ4v) is 3.97. The summed E-state index contributed by atoms with van der Waals surface area (Å²) in [5, 5.41) is 14.4. The highest BCUT2D eigenvalue weighted by Crippen LogP contribution is 2.32. The first-order valence-electron chi connectivity index (χ1n) is 11.3. The summed E-state index contributed by atoms with van der Waals surface area (Å²) in [5.74, 6) is -1.76. The van der Waals surface area contributed by atoms with Gasteiger partial charge in [-0.3, -0.25) is 19.7 Å². The summed E-state index contributed by atoms with van der Waals surface area (Å²) >= 11 is 0. The highest BCUT2D eigenvalue weighted by molar-refractivity contribution is 6.05. The molecule has 0 saturated carbocycles. The third-order valence-electron chi connectivity index (χ3n) is 5.62. The van der Waals surface area contributed by atoms with Gasteiger partial charge in [0.1, 0.15) is 17.1 Å². The van der Waals surface area contributed by atoms with Crippen LogP contribution in [0.2, 0.25) is 0 Å². The minimum absolute atomic E-state index is 0.0692. The standard InChI is InChI=1S/C25H30FN3O6/c1-25(2,3)35-23(30)15-17-13-18(26)6-7-20(17)27-24(31)16-5-8-21(22(14-16)29(32)33)28-11-9-19(34-4)10-12-28/h5-8,13-14,19H,9-12,15H2,1-4H3,(H,27,31). The molecular formula is C25H30FN3O6. The molecule has 0 atom stereocenters. The molecule has 1 saturated heterocycles. The van der Waals surface area contributed by atoms with Gasteiger partial charge in [-0.05, 0) is 69.5 Å². The number of carbonyl (C=O) groups excluding carboxylic acids is 2. The van der Waals surface area contributed by atoms with E-state index >= 15 is 0 Å². The van der Waals surface area contributed by atoms with Crippen molar-refractivity contribution in [2.45, 2.75) is 51.7 Å². The van der Waals surface area contributed by atoms with E-state index in [-0.39, 0.29) is 35.0 Å². The summed E-state index contributed by atoms with van der Waals surface area (Å²) in [6.45, 7) is 6.36. The summed E-state index contributed by atoms with van der Waals surface area (Å²) in [6.07, 6.45) is 1.38. The van der Waals surface area contributed by atoms with Crippen LogP contribution in [0.4, 0.5) is 21.5 Å². The van der Waals surface area contributed by atoms with Crippen LogP contribution in [-0.4, -0.2) is 48.7 Å². The maximum atomic E-state index is 13.9. The van der Waals surface area contributed by atoms with Gasteiger partial charge in [-0.25, -0.2) is 4.39 Å². The second-order valence-corrected chi connectivity index (χ2v) is 9.40. The van der Waals surface area contributed by atoms with Crippen LogP contribution in [0.15, 0.2) is 36.4 Å². The molecule has 1 N–H and O–H groups in total. The number of piperidine rings is 1. The number of benzene rings is 2. The van der Waals surface area contributed by atoms with Crippen LogP contribution in [0.1, 0.15) is 49.5 Å². The zero-order chi connectivity index (χ0) is 25.8. The van der Waals surface area contributed by atoms with Crippen molar-refractivity contribution in [3.8, 4) is 0 Å². The van der Waals surface area contributed by atoms with E-state index in [1.807, 2.05) is 4.90 Å². The van der Waals surface area contributed by atoms with Gasteiger partial charge in [0.2, 0.25) is 0 Å². The minimum atomic E-state index is -0.715. The maximum Gasteiger partial charge on any atom is 0.310 e. The Morgan fingerprint density at radius 2 is 1.86 bits per heavy atom. The van der Waals surface area contributed by atoms with Crippen molar-refractivity contribution < 1.29 is 28.4 Å². The Hall–Kier alpha value is -3.53. The van der Waals surface area contributed by atoms with Gasteiger partial charge in [0, 0.05) is 37.5 Å². The van der Waals surface area contributed by atoms with Gasteiger partial charge < -0.3 is 19.7 Å². The first-order valence-corrected chi connectivity index (χ1v) is 11.3. The lowest BCUT2D eigenvalue weighted by atomic mass is 10.0. The van der Waals surface area contributed by atoms with Crippen molar-refractivity contribution in [1.29, 1.82) is 0 Å². The van der Waals surface area contributed by atoms with Gasteiger partial charge in [-0.2, -0.15) is 0 Å². The lowest BCUT2D eigenvalue weighted by molar-refractivity contribution is -0.384. The van der Waals surface area contributed by atoms with E-state index in [0.717, 1.165) is 25.0 Å². The number of amides is 1. The first kappa shape index (κ1) is 26.1. The van der Waals surface area contributed by atoms with Crippen molar-refractivity contribution >= 4 is 28.9 Å². The normalized spacial score (nSPS) is 14.5. The Bertz CT molecular complexity index is 1110. The number of nitrogens with one attached hydrogen (secondary N) is 1. The van der Waals surface area contributed by atoms with Gasteiger partial charge >= 0.3 is 5.97 Å². The lowest BCUT2D eigenvalue weighted by Gasteiger charge is -2.32. The third-order valence-corrected chi connectivity index (χ3v) is 5.62. The number of nitrogens with zero attached hydrogens (tertiary/aromatic N) is 2. The molecule has 10 heteroatoms. The van der Waals surface area contributed by atoms with E-state index in [1.165, 1.54) is 18.2 Å². The SMILES string of the molecule is COC1CCN(c2ccc(C(=O)Nc3ccc(F)cc3CC(=O)OC(C)(C)C)cc2[N+](=O)[O-])CC1. The average molecular weight is 488 g/mol. The number of rotatable bonds is 7. The first-order chi connectivity index (χ1) is 16.5. The molecule has 1 fully saturated rings. The molecule has 0 aliphatic carbocycles. The van der Waals surface area contributed by atoms with E-state index in [2.05, 4.69) is 5.32 Å². The number of nitro groups is 1. The van der Waals surface area contributed by atoms with E-state index in [1.54, 1.807) is 33.9 Å². The number of ether oxygens (including phenoxy) is 2. The van der Waals surface area contributed by atoms with E-state index < -0.39 is 28.2 Å². The van der Waals surface area contributed by atoms with Gasteiger partial charge in [0.25, 0.3) is 11.6 Å². The number of hydrogen-bond donors (Lipinski definition) is 1. The maximum absolute atomic E-state index is 13.9. The predicted molar refractivity (Wildman–Crippen MR) is 129 cm³/mol. The van der Waals surface area contributed by atoms with Crippen LogP contribution in [0.5, 0.6) is 0 Å². The molecule has 1 amide bonds.